The number of pyridine rings is 1. The monoisotopic (exact) mass is 368 g/mol. The van der Waals surface area contributed by atoms with Crippen LogP contribution in [0.15, 0.2) is 41.3 Å². The quantitative estimate of drug-likeness (QED) is 0.842. The summed E-state index contributed by atoms with van der Waals surface area (Å²) in [4.78, 5) is 35.6. The van der Waals surface area contributed by atoms with Crippen LogP contribution >= 0.6 is 0 Å². The van der Waals surface area contributed by atoms with Crippen LogP contribution in [-0.4, -0.2) is 23.6 Å². The number of amides is 1. The molecule has 0 radical (unpaired) electrons. The molecule has 26 heavy (non-hydrogen) atoms. The number of rotatable bonds is 4. The maximum absolute atomic E-state index is 12.8. The third-order valence-electron chi connectivity index (χ3n) is 3.65. The second-order valence-corrected chi connectivity index (χ2v) is 5.37. The van der Waals surface area contributed by atoms with Crippen molar-refractivity contribution in [3.05, 3.63) is 63.6 Å². The number of aromatic nitrogens is 1. The summed E-state index contributed by atoms with van der Waals surface area (Å²) in [6.45, 7) is 0.975. The number of hydrogen-bond acceptors (Lipinski definition) is 4. The number of esters is 1. The Morgan fingerprint density at radius 2 is 1.88 bits per heavy atom. The van der Waals surface area contributed by atoms with Gasteiger partial charge in [-0.3, -0.25) is 9.59 Å². The number of ether oxygens (including phenoxy) is 1. The number of alkyl halides is 3. The highest BCUT2D eigenvalue weighted by Gasteiger charge is 2.34. The minimum Gasteiger partial charge on any atom is -0.465 e. The first-order valence-electron chi connectivity index (χ1n) is 7.39. The van der Waals surface area contributed by atoms with E-state index in [-0.39, 0.29) is 11.3 Å². The van der Waals surface area contributed by atoms with Crippen LogP contribution in [0.1, 0.15) is 21.5 Å². The Kier molecular flexibility index (Phi) is 5.49. The molecule has 2 aromatic rings. The fourth-order valence-corrected chi connectivity index (χ4v) is 2.32. The predicted molar refractivity (Wildman–Crippen MR) is 86.9 cm³/mol. The summed E-state index contributed by atoms with van der Waals surface area (Å²) in [7, 11) is 1.22. The summed E-state index contributed by atoms with van der Waals surface area (Å²) in [6.07, 6.45) is -3.71. The summed E-state index contributed by atoms with van der Waals surface area (Å²) >= 11 is 0. The first-order valence-corrected chi connectivity index (χ1v) is 7.39. The van der Waals surface area contributed by atoms with Gasteiger partial charge in [-0.15, -0.1) is 0 Å². The molecule has 0 fully saturated rings. The average molecular weight is 368 g/mol. The van der Waals surface area contributed by atoms with Gasteiger partial charge < -0.3 is 14.6 Å². The second-order valence-electron chi connectivity index (χ2n) is 5.37. The van der Waals surface area contributed by atoms with E-state index in [9.17, 15) is 27.6 Å². The summed E-state index contributed by atoms with van der Waals surface area (Å²) < 4.78 is 43.6. The summed E-state index contributed by atoms with van der Waals surface area (Å²) in [5, 5.41) is 2.48. The van der Waals surface area contributed by atoms with E-state index in [2.05, 4.69) is 10.1 Å². The van der Waals surface area contributed by atoms with Crippen molar-refractivity contribution in [1.29, 1.82) is 0 Å². The molecule has 0 aliphatic carbocycles. The van der Waals surface area contributed by atoms with Crippen LogP contribution in [0.5, 0.6) is 0 Å². The van der Waals surface area contributed by atoms with E-state index >= 15 is 0 Å². The van der Waals surface area contributed by atoms with Crippen molar-refractivity contribution < 1.29 is 27.5 Å². The highest BCUT2D eigenvalue weighted by Crippen LogP contribution is 2.26. The minimum atomic E-state index is -4.80. The van der Waals surface area contributed by atoms with Crippen molar-refractivity contribution in [2.45, 2.75) is 19.6 Å². The Morgan fingerprint density at radius 3 is 2.50 bits per heavy atom. The Morgan fingerprint density at radius 1 is 1.19 bits per heavy atom. The van der Waals surface area contributed by atoms with Crippen LogP contribution in [0.25, 0.3) is 0 Å². The van der Waals surface area contributed by atoms with Gasteiger partial charge in [-0.05, 0) is 36.8 Å². The number of carbonyl (C=O) groups excluding carboxylic acids is 2. The second kappa shape index (κ2) is 7.42. The van der Waals surface area contributed by atoms with Gasteiger partial charge in [-0.25, -0.2) is 4.79 Å². The maximum Gasteiger partial charge on any atom is 0.421 e. The van der Waals surface area contributed by atoms with E-state index in [1.54, 1.807) is 6.92 Å². The third-order valence-corrected chi connectivity index (χ3v) is 3.65. The fraction of sp³-hybridized carbons (Fsp3) is 0.235. The van der Waals surface area contributed by atoms with Crippen molar-refractivity contribution in [2.24, 2.45) is 0 Å². The van der Waals surface area contributed by atoms with Crippen LogP contribution in [0.3, 0.4) is 0 Å². The van der Waals surface area contributed by atoms with Crippen molar-refractivity contribution in [3.63, 3.8) is 0 Å². The molecule has 9 heteroatoms. The summed E-state index contributed by atoms with van der Waals surface area (Å²) in [5.41, 5.74) is -1.70. The average Bonchev–Trinajstić information content (AvgIpc) is 2.57. The largest absolute Gasteiger partial charge is 0.465 e. The van der Waals surface area contributed by atoms with Gasteiger partial charge in [0.15, 0.2) is 0 Å². The normalized spacial score (nSPS) is 11.1. The molecule has 0 unspecified atom stereocenters. The molecule has 0 saturated carbocycles. The molecule has 1 heterocycles. The topological polar surface area (TPSA) is 77.4 Å². The van der Waals surface area contributed by atoms with Crippen LogP contribution < -0.4 is 10.9 Å². The smallest absolute Gasteiger partial charge is 0.421 e. The molecule has 0 aliphatic heterocycles. The number of methoxy groups -OCH3 is 1. The number of nitrogens with zero attached hydrogens (tertiary/aromatic N) is 1. The number of benzene rings is 1. The lowest BCUT2D eigenvalue weighted by atomic mass is 10.1. The number of carbonyl (C=O) groups is 2. The van der Waals surface area contributed by atoms with E-state index in [1.807, 2.05) is 0 Å². The molecule has 2 rings (SSSR count). The zero-order chi connectivity index (χ0) is 19.5. The molecule has 0 atom stereocenters. The van der Waals surface area contributed by atoms with Crippen molar-refractivity contribution >= 4 is 17.6 Å². The molecule has 1 amide bonds. The van der Waals surface area contributed by atoms with Gasteiger partial charge in [-0.1, -0.05) is 6.07 Å². The van der Waals surface area contributed by atoms with Crippen LogP contribution in [0.4, 0.5) is 18.9 Å². The first-order chi connectivity index (χ1) is 12.1. The predicted octanol–water partition coefficient (Wildman–Crippen LogP) is 2.60. The molecule has 0 bridgehead atoms. The lowest BCUT2D eigenvalue weighted by Gasteiger charge is -2.13. The molecule has 0 saturated heterocycles. The number of nitrogens with one attached hydrogen (secondary N) is 1. The maximum atomic E-state index is 12.8. The molecular formula is C17H15F3N2O4. The van der Waals surface area contributed by atoms with E-state index in [0.29, 0.717) is 16.2 Å². The Balaban J connectivity index is 2.23. The third kappa shape index (κ3) is 4.11. The number of anilines is 1. The SMILES string of the molecule is COC(=O)c1cccc(NC(=O)Cn2cccc(C(F)(F)F)c2=O)c1C. The van der Waals surface area contributed by atoms with E-state index in [1.165, 1.54) is 25.3 Å². The van der Waals surface area contributed by atoms with Crippen molar-refractivity contribution in [1.82, 2.24) is 4.57 Å². The van der Waals surface area contributed by atoms with Crippen molar-refractivity contribution in [3.8, 4) is 0 Å². The van der Waals surface area contributed by atoms with Gasteiger partial charge in [0, 0.05) is 11.9 Å². The van der Waals surface area contributed by atoms with E-state index in [4.69, 9.17) is 0 Å². The number of halogens is 3. The fourth-order valence-electron chi connectivity index (χ4n) is 2.32. The number of hydrogen-bond donors (Lipinski definition) is 1. The summed E-state index contributed by atoms with van der Waals surface area (Å²) in [5.74, 6) is -1.30. The molecule has 0 spiro atoms. The van der Waals surface area contributed by atoms with Gasteiger partial charge in [0.1, 0.15) is 12.1 Å². The minimum absolute atomic E-state index is 0.238. The lowest BCUT2D eigenvalue weighted by molar-refractivity contribution is -0.139. The zero-order valence-corrected chi connectivity index (χ0v) is 13.9. The first kappa shape index (κ1) is 19.2. The summed E-state index contributed by atoms with van der Waals surface area (Å²) in [6, 6.07) is 6.25. The standard InChI is InChI=1S/C17H15F3N2O4/c1-10-11(16(25)26-2)5-3-7-13(10)21-14(23)9-22-8-4-6-12(15(22)24)17(18,19)20/h3-8H,9H2,1-2H3,(H,21,23). The molecule has 138 valence electrons. The molecule has 1 N–H and O–H groups in total. The van der Waals surface area contributed by atoms with Crippen molar-refractivity contribution in [2.75, 3.05) is 12.4 Å². The van der Waals surface area contributed by atoms with Gasteiger partial charge in [0.25, 0.3) is 5.56 Å². The van der Waals surface area contributed by atoms with Crippen LogP contribution in [0.2, 0.25) is 0 Å². The lowest BCUT2D eigenvalue weighted by Crippen LogP contribution is -2.32. The Bertz CT molecular complexity index is 904. The Labute approximate surface area is 146 Å². The molecule has 1 aromatic carbocycles. The molecule has 0 aliphatic rings. The zero-order valence-electron chi connectivity index (χ0n) is 13.9. The highest BCUT2D eigenvalue weighted by molar-refractivity contribution is 5.96. The van der Waals surface area contributed by atoms with Gasteiger partial charge in [0.05, 0.1) is 12.7 Å². The van der Waals surface area contributed by atoms with Crippen LogP contribution in [-0.2, 0) is 22.3 Å². The molecular weight excluding hydrogens is 353 g/mol. The van der Waals surface area contributed by atoms with Gasteiger partial charge in [0.2, 0.25) is 5.91 Å². The van der Waals surface area contributed by atoms with E-state index < -0.39 is 35.7 Å². The van der Waals surface area contributed by atoms with Gasteiger partial charge >= 0.3 is 12.1 Å². The van der Waals surface area contributed by atoms with Gasteiger partial charge in [-0.2, -0.15) is 13.2 Å². The molecule has 1 aromatic heterocycles. The van der Waals surface area contributed by atoms with E-state index in [0.717, 1.165) is 12.3 Å². The van der Waals surface area contributed by atoms with Crippen LogP contribution in [0, 0.1) is 6.92 Å². The highest BCUT2D eigenvalue weighted by atomic mass is 19.4. The molecule has 6 nitrogen and oxygen atoms in total. The Hall–Kier alpha value is -3.10.